The van der Waals surface area contributed by atoms with Crippen molar-refractivity contribution in [2.24, 2.45) is 11.3 Å². The number of nitrogens with one attached hydrogen (secondary N) is 1. The molecule has 2 saturated carbocycles. The van der Waals surface area contributed by atoms with Crippen LogP contribution in [0, 0.1) is 17.2 Å². The first-order valence-electron chi connectivity index (χ1n) is 8.76. The summed E-state index contributed by atoms with van der Waals surface area (Å²) in [6.07, 6.45) is 0.435. The number of carboxylic acid groups (broad SMARTS) is 1. The molecule has 142 valence electrons. The van der Waals surface area contributed by atoms with E-state index in [0.29, 0.717) is 23.6 Å². The number of carbonyl (C=O) groups excluding carboxylic acids is 1. The Hall–Kier alpha value is -1.66. The van der Waals surface area contributed by atoms with Crippen molar-refractivity contribution in [1.82, 2.24) is 5.32 Å². The van der Waals surface area contributed by atoms with Crippen LogP contribution in [0.5, 0.6) is 0 Å². The lowest BCUT2D eigenvalue weighted by Crippen LogP contribution is -2.76. The molecule has 0 aromatic heterocycles. The van der Waals surface area contributed by atoms with Gasteiger partial charge in [0.1, 0.15) is 11.4 Å². The van der Waals surface area contributed by atoms with Gasteiger partial charge in [-0.2, -0.15) is 0 Å². The number of rotatable bonds is 6. The zero-order valence-corrected chi connectivity index (χ0v) is 15.8. The lowest BCUT2D eigenvalue weighted by molar-refractivity contribution is -0.194. The van der Waals surface area contributed by atoms with Crippen molar-refractivity contribution in [2.45, 2.75) is 51.2 Å². The van der Waals surface area contributed by atoms with Gasteiger partial charge < -0.3 is 15.2 Å². The molecule has 7 heteroatoms. The Bertz CT molecular complexity index is 733. The number of benzene rings is 1. The quantitative estimate of drug-likeness (QED) is 0.789. The van der Waals surface area contributed by atoms with Gasteiger partial charge in [0.05, 0.1) is 6.10 Å². The zero-order valence-electron chi connectivity index (χ0n) is 15.0. The first-order chi connectivity index (χ1) is 12.2. The number of ether oxygens (including phenoxy) is 1. The van der Waals surface area contributed by atoms with Gasteiger partial charge in [-0.25, -0.2) is 9.18 Å². The highest BCUT2D eigenvalue weighted by molar-refractivity contribution is 6.31. The number of halogens is 2. The Balaban J connectivity index is 1.75. The van der Waals surface area contributed by atoms with Crippen molar-refractivity contribution in [3.63, 3.8) is 0 Å². The molecule has 4 atom stereocenters. The van der Waals surface area contributed by atoms with Crippen LogP contribution in [0.15, 0.2) is 18.2 Å². The summed E-state index contributed by atoms with van der Waals surface area (Å²) in [5.41, 5.74) is -1.79. The molecule has 2 fully saturated rings. The van der Waals surface area contributed by atoms with Crippen LogP contribution >= 0.6 is 11.6 Å². The monoisotopic (exact) mass is 383 g/mol. The van der Waals surface area contributed by atoms with E-state index in [-0.39, 0.29) is 24.3 Å². The minimum atomic E-state index is -1.38. The third kappa shape index (κ3) is 2.79. The van der Waals surface area contributed by atoms with Crippen LogP contribution in [0.25, 0.3) is 0 Å². The number of hydrogen-bond donors (Lipinski definition) is 2. The van der Waals surface area contributed by atoms with Gasteiger partial charge >= 0.3 is 5.97 Å². The Morgan fingerprint density at radius 2 is 2.12 bits per heavy atom. The molecule has 5 nitrogen and oxygen atoms in total. The van der Waals surface area contributed by atoms with Crippen LogP contribution < -0.4 is 5.32 Å². The van der Waals surface area contributed by atoms with Gasteiger partial charge in [0.25, 0.3) is 0 Å². The number of carbonyl (C=O) groups is 2. The molecule has 2 N–H and O–H groups in total. The maximum Gasteiger partial charge on any atom is 0.330 e. The second-order valence-corrected chi connectivity index (χ2v) is 8.06. The molecule has 0 heterocycles. The molecule has 26 heavy (non-hydrogen) atoms. The lowest BCUT2D eigenvalue weighted by atomic mass is 9.54. The molecule has 2 aliphatic rings. The van der Waals surface area contributed by atoms with Crippen LogP contribution in [0.2, 0.25) is 5.02 Å². The Morgan fingerprint density at radius 3 is 2.65 bits per heavy atom. The second-order valence-electron chi connectivity index (χ2n) is 7.65. The molecular formula is C19H23ClFNO4. The van der Waals surface area contributed by atoms with Crippen molar-refractivity contribution in [1.29, 1.82) is 0 Å². The molecule has 3 rings (SSSR count). The summed E-state index contributed by atoms with van der Waals surface area (Å²) in [5, 5.41) is 12.8. The van der Waals surface area contributed by atoms with E-state index in [1.165, 1.54) is 12.1 Å². The largest absolute Gasteiger partial charge is 0.479 e. The zero-order chi connectivity index (χ0) is 19.3. The van der Waals surface area contributed by atoms with E-state index in [1.807, 2.05) is 6.92 Å². The van der Waals surface area contributed by atoms with E-state index in [9.17, 15) is 19.1 Å². The molecule has 0 aliphatic heterocycles. The number of hydrogen-bond acceptors (Lipinski definition) is 3. The van der Waals surface area contributed by atoms with Crippen LogP contribution in [0.1, 0.15) is 45.1 Å². The van der Waals surface area contributed by atoms with Gasteiger partial charge in [-0.3, -0.25) is 4.79 Å². The average molecular weight is 384 g/mol. The van der Waals surface area contributed by atoms with E-state index < -0.39 is 28.7 Å². The van der Waals surface area contributed by atoms with Crippen LogP contribution in [-0.4, -0.2) is 35.2 Å². The predicted octanol–water partition coefficient (Wildman–Crippen LogP) is 3.36. The maximum absolute atomic E-state index is 14.1. The fourth-order valence-corrected chi connectivity index (χ4v) is 4.31. The summed E-state index contributed by atoms with van der Waals surface area (Å²) in [6, 6.07) is 4.42. The van der Waals surface area contributed by atoms with Crippen LogP contribution in [0.4, 0.5) is 4.39 Å². The van der Waals surface area contributed by atoms with Gasteiger partial charge in [0.15, 0.2) is 0 Å². The second kappa shape index (κ2) is 6.50. The van der Waals surface area contributed by atoms with Crippen molar-refractivity contribution in [3.05, 3.63) is 34.6 Å². The number of aliphatic carboxylic acids is 1. The van der Waals surface area contributed by atoms with E-state index >= 15 is 0 Å². The standard InChI is InChI=1S/C19H23ClFNO4/c1-4-26-14-9-19(17(24)25,18(14,2)3)22-16(23)11-8-10(11)15-12(20)6-5-7-13(15)21/h5-7,10-11,14H,4,8-9H2,1-3H3,(H,22,23)(H,24,25). The van der Waals surface area contributed by atoms with Gasteiger partial charge in [0, 0.05) is 40.9 Å². The first kappa shape index (κ1) is 19.1. The van der Waals surface area contributed by atoms with Crippen molar-refractivity contribution >= 4 is 23.5 Å². The summed E-state index contributed by atoms with van der Waals surface area (Å²) in [7, 11) is 0. The summed E-state index contributed by atoms with van der Waals surface area (Å²) < 4.78 is 19.7. The van der Waals surface area contributed by atoms with Gasteiger partial charge in [-0.1, -0.05) is 31.5 Å². The van der Waals surface area contributed by atoms with E-state index in [0.717, 1.165) is 0 Å². The van der Waals surface area contributed by atoms with Crippen molar-refractivity contribution in [2.75, 3.05) is 6.61 Å². The molecule has 0 radical (unpaired) electrons. The van der Waals surface area contributed by atoms with Crippen LogP contribution in [-0.2, 0) is 14.3 Å². The molecule has 1 amide bonds. The van der Waals surface area contributed by atoms with E-state index in [4.69, 9.17) is 16.3 Å². The highest BCUT2D eigenvalue weighted by Gasteiger charge is 2.67. The lowest BCUT2D eigenvalue weighted by Gasteiger charge is -2.58. The maximum atomic E-state index is 14.1. The number of amides is 1. The highest BCUT2D eigenvalue weighted by Crippen LogP contribution is 2.54. The normalized spacial score (nSPS) is 31.8. The fourth-order valence-electron chi connectivity index (χ4n) is 4.01. The average Bonchev–Trinajstić information content (AvgIpc) is 3.33. The van der Waals surface area contributed by atoms with Crippen LogP contribution in [0.3, 0.4) is 0 Å². The molecule has 4 unspecified atom stereocenters. The highest BCUT2D eigenvalue weighted by atomic mass is 35.5. The topological polar surface area (TPSA) is 75.6 Å². The SMILES string of the molecule is CCOC1CC(NC(=O)C2CC2c2c(F)cccc2Cl)(C(=O)O)C1(C)C. The first-order valence-corrected chi connectivity index (χ1v) is 9.14. The molecule has 1 aromatic rings. The Kier molecular flexibility index (Phi) is 4.78. The molecule has 1 aromatic carbocycles. The van der Waals surface area contributed by atoms with E-state index in [2.05, 4.69) is 5.32 Å². The van der Waals surface area contributed by atoms with E-state index in [1.54, 1.807) is 19.9 Å². The van der Waals surface area contributed by atoms with Gasteiger partial charge in [-0.05, 0) is 25.5 Å². The molecular weight excluding hydrogens is 361 g/mol. The van der Waals surface area contributed by atoms with Gasteiger partial charge in [0.2, 0.25) is 5.91 Å². The summed E-state index contributed by atoms with van der Waals surface area (Å²) >= 11 is 6.07. The fraction of sp³-hybridized carbons (Fsp3) is 0.579. The minimum Gasteiger partial charge on any atom is -0.479 e. The molecule has 0 bridgehead atoms. The summed E-state index contributed by atoms with van der Waals surface area (Å²) in [6.45, 7) is 5.89. The molecule has 0 saturated heterocycles. The molecule has 0 spiro atoms. The minimum absolute atomic E-state index is 0.215. The number of carboxylic acids is 1. The molecule has 2 aliphatic carbocycles. The third-order valence-electron chi connectivity index (χ3n) is 5.96. The van der Waals surface area contributed by atoms with Crippen molar-refractivity contribution in [3.8, 4) is 0 Å². The summed E-state index contributed by atoms with van der Waals surface area (Å²) in [4.78, 5) is 24.7. The smallest absolute Gasteiger partial charge is 0.330 e. The predicted molar refractivity (Wildman–Crippen MR) is 94.6 cm³/mol. The third-order valence-corrected chi connectivity index (χ3v) is 6.29. The van der Waals surface area contributed by atoms with Gasteiger partial charge in [-0.15, -0.1) is 0 Å². The summed E-state index contributed by atoms with van der Waals surface area (Å²) in [5.74, 6) is -2.68. The van der Waals surface area contributed by atoms with Crippen molar-refractivity contribution < 1.29 is 23.8 Å². The Labute approximate surface area is 156 Å². The Morgan fingerprint density at radius 1 is 1.42 bits per heavy atom.